The number of nitrogens with one attached hydrogen (secondary N) is 2. The summed E-state index contributed by atoms with van der Waals surface area (Å²) in [5.41, 5.74) is 0.467. The molecule has 0 aliphatic carbocycles. The normalized spacial score (nSPS) is 34.4. The molecule has 0 aromatic heterocycles. The lowest BCUT2D eigenvalue weighted by atomic mass is 9.76. The third kappa shape index (κ3) is 3.43. The number of rotatable bonds is 5. The zero-order valence-electron chi connectivity index (χ0n) is 11.4. The highest BCUT2D eigenvalue weighted by Crippen LogP contribution is 2.33. The summed E-state index contributed by atoms with van der Waals surface area (Å²) >= 11 is 0. The Bertz CT molecular complexity index is 218. The first-order valence-electron chi connectivity index (χ1n) is 7.26. The van der Waals surface area contributed by atoms with E-state index in [0.29, 0.717) is 11.5 Å². The first-order valence-corrected chi connectivity index (χ1v) is 7.26. The van der Waals surface area contributed by atoms with Crippen molar-refractivity contribution in [2.45, 2.75) is 45.6 Å². The zero-order chi connectivity index (χ0) is 12.1. The molecule has 2 aliphatic heterocycles. The van der Waals surface area contributed by atoms with Gasteiger partial charge in [0.1, 0.15) is 0 Å². The van der Waals surface area contributed by atoms with Gasteiger partial charge in [0.2, 0.25) is 0 Å². The van der Waals surface area contributed by atoms with E-state index in [0.717, 1.165) is 25.6 Å². The fourth-order valence-corrected chi connectivity index (χ4v) is 3.06. The van der Waals surface area contributed by atoms with Gasteiger partial charge in [-0.2, -0.15) is 0 Å². The van der Waals surface area contributed by atoms with Crippen molar-refractivity contribution in [1.29, 1.82) is 0 Å². The SMILES string of the molecule is CC(C)C1(CNCC2CCCCO2)CCNC1. The van der Waals surface area contributed by atoms with E-state index in [2.05, 4.69) is 24.5 Å². The molecular formula is C14H28N2O. The van der Waals surface area contributed by atoms with Crippen molar-refractivity contribution in [3.63, 3.8) is 0 Å². The molecule has 2 heterocycles. The Balaban J connectivity index is 1.72. The van der Waals surface area contributed by atoms with E-state index in [4.69, 9.17) is 4.74 Å². The first-order chi connectivity index (χ1) is 8.23. The number of ether oxygens (including phenoxy) is 1. The van der Waals surface area contributed by atoms with Crippen LogP contribution in [0.25, 0.3) is 0 Å². The van der Waals surface area contributed by atoms with E-state index < -0.39 is 0 Å². The molecule has 0 amide bonds. The summed E-state index contributed by atoms with van der Waals surface area (Å²) in [5, 5.41) is 7.17. The molecule has 3 nitrogen and oxygen atoms in total. The minimum absolute atomic E-state index is 0.460. The van der Waals surface area contributed by atoms with Gasteiger partial charge < -0.3 is 15.4 Å². The molecule has 0 saturated carbocycles. The molecule has 2 unspecified atom stereocenters. The highest BCUT2D eigenvalue weighted by Gasteiger charge is 2.36. The van der Waals surface area contributed by atoms with Gasteiger partial charge in [0, 0.05) is 26.2 Å². The predicted octanol–water partition coefficient (Wildman–Crippen LogP) is 1.78. The Morgan fingerprint density at radius 3 is 2.88 bits per heavy atom. The smallest absolute Gasteiger partial charge is 0.0699 e. The van der Waals surface area contributed by atoms with Crippen molar-refractivity contribution in [1.82, 2.24) is 10.6 Å². The summed E-state index contributed by atoms with van der Waals surface area (Å²) in [6.45, 7) is 10.2. The molecule has 100 valence electrons. The summed E-state index contributed by atoms with van der Waals surface area (Å²) in [6.07, 6.45) is 5.59. The highest BCUT2D eigenvalue weighted by molar-refractivity contribution is 4.92. The van der Waals surface area contributed by atoms with Gasteiger partial charge in [-0.1, -0.05) is 13.8 Å². The standard InChI is InChI=1S/C14H28N2O/c1-12(2)14(6-7-15-10-14)11-16-9-13-5-3-4-8-17-13/h12-13,15-16H,3-11H2,1-2H3. The molecule has 0 spiro atoms. The largest absolute Gasteiger partial charge is 0.377 e. The lowest BCUT2D eigenvalue weighted by Crippen LogP contribution is -2.43. The maximum Gasteiger partial charge on any atom is 0.0699 e. The van der Waals surface area contributed by atoms with Crippen molar-refractivity contribution in [3.05, 3.63) is 0 Å². The van der Waals surface area contributed by atoms with Gasteiger partial charge in [0.25, 0.3) is 0 Å². The molecule has 0 bridgehead atoms. The maximum atomic E-state index is 5.76. The summed E-state index contributed by atoms with van der Waals surface area (Å²) < 4.78 is 5.76. The molecular weight excluding hydrogens is 212 g/mol. The quantitative estimate of drug-likeness (QED) is 0.768. The van der Waals surface area contributed by atoms with Crippen LogP contribution in [0.15, 0.2) is 0 Å². The van der Waals surface area contributed by atoms with E-state index in [1.54, 1.807) is 0 Å². The molecule has 3 heteroatoms. The van der Waals surface area contributed by atoms with Gasteiger partial charge >= 0.3 is 0 Å². The van der Waals surface area contributed by atoms with Crippen molar-refractivity contribution in [3.8, 4) is 0 Å². The molecule has 0 aromatic rings. The summed E-state index contributed by atoms with van der Waals surface area (Å²) in [7, 11) is 0. The van der Waals surface area contributed by atoms with Crippen molar-refractivity contribution in [2.24, 2.45) is 11.3 Å². The van der Waals surface area contributed by atoms with Crippen LogP contribution < -0.4 is 10.6 Å². The highest BCUT2D eigenvalue weighted by atomic mass is 16.5. The lowest BCUT2D eigenvalue weighted by molar-refractivity contribution is 0.0148. The van der Waals surface area contributed by atoms with Gasteiger partial charge in [0.15, 0.2) is 0 Å². The lowest BCUT2D eigenvalue weighted by Gasteiger charge is -2.34. The summed E-state index contributed by atoms with van der Waals surface area (Å²) in [6, 6.07) is 0. The maximum absolute atomic E-state index is 5.76. The Labute approximate surface area is 106 Å². The predicted molar refractivity (Wildman–Crippen MR) is 71.2 cm³/mol. The third-order valence-electron chi connectivity index (χ3n) is 4.62. The molecule has 2 rings (SSSR count). The first kappa shape index (κ1) is 13.3. The Morgan fingerprint density at radius 1 is 1.41 bits per heavy atom. The topological polar surface area (TPSA) is 33.3 Å². The van der Waals surface area contributed by atoms with E-state index in [-0.39, 0.29) is 0 Å². The molecule has 2 aliphatic rings. The van der Waals surface area contributed by atoms with E-state index in [1.165, 1.54) is 38.8 Å². The molecule has 2 atom stereocenters. The average molecular weight is 240 g/mol. The average Bonchev–Trinajstić information content (AvgIpc) is 2.80. The van der Waals surface area contributed by atoms with Crippen LogP contribution in [0.3, 0.4) is 0 Å². The van der Waals surface area contributed by atoms with Crippen LogP contribution in [0.4, 0.5) is 0 Å². The third-order valence-corrected chi connectivity index (χ3v) is 4.62. The summed E-state index contributed by atoms with van der Waals surface area (Å²) in [5.74, 6) is 0.747. The molecule has 2 fully saturated rings. The Morgan fingerprint density at radius 2 is 2.29 bits per heavy atom. The van der Waals surface area contributed by atoms with Crippen LogP contribution in [0.1, 0.15) is 39.5 Å². The van der Waals surface area contributed by atoms with Gasteiger partial charge in [-0.15, -0.1) is 0 Å². The van der Waals surface area contributed by atoms with Crippen LogP contribution in [0, 0.1) is 11.3 Å². The second-order valence-electron chi connectivity index (χ2n) is 6.06. The van der Waals surface area contributed by atoms with Crippen molar-refractivity contribution < 1.29 is 4.74 Å². The van der Waals surface area contributed by atoms with Crippen molar-refractivity contribution >= 4 is 0 Å². The fourth-order valence-electron chi connectivity index (χ4n) is 3.06. The summed E-state index contributed by atoms with van der Waals surface area (Å²) in [4.78, 5) is 0. The zero-order valence-corrected chi connectivity index (χ0v) is 11.4. The second-order valence-corrected chi connectivity index (χ2v) is 6.06. The molecule has 17 heavy (non-hydrogen) atoms. The van der Waals surface area contributed by atoms with Gasteiger partial charge in [-0.05, 0) is 43.6 Å². The molecule has 0 aromatic carbocycles. The molecule has 2 N–H and O–H groups in total. The van der Waals surface area contributed by atoms with Crippen LogP contribution in [0.2, 0.25) is 0 Å². The second kappa shape index (κ2) is 6.17. The Kier molecular flexibility index (Phi) is 4.83. The Hall–Kier alpha value is -0.120. The monoisotopic (exact) mass is 240 g/mol. The van der Waals surface area contributed by atoms with Crippen molar-refractivity contribution in [2.75, 3.05) is 32.8 Å². The minimum atomic E-state index is 0.460. The van der Waals surface area contributed by atoms with E-state index >= 15 is 0 Å². The van der Waals surface area contributed by atoms with Gasteiger partial charge in [-0.25, -0.2) is 0 Å². The van der Waals surface area contributed by atoms with Crippen LogP contribution >= 0.6 is 0 Å². The molecule has 0 radical (unpaired) electrons. The van der Waals surface area contributed by atoms with Crippen LogP contribution in [0.5, 0.6) is 0 Å². The number of hydrogen-bond acceptors (Lipinski definition) is 3. The number of hydrogen-bond donors (Lipinski definition) is 2. The van der Waals surface area contributed by atoms with E-state index in [9.17, 15) is 0 Å². The van der Waals surface area contributed by atoms with Gasteiger partial charge in [0.05, 0.1) is 6.10 Å². The van der Waals surface area contributed by atoms with Crippen LogP contribution in [-0.4, -0.2) is 38.9 Å². The van der Waals surface area contributed by atoms with Gasteiger partial charge in [-0.3, -0.25) is 0 Å². The minimum Gasteiger partial charge on any atom is -0.377 e. The van der Waals surface area contributed by atoms with Crippen LogP contribution in [-0.2, 0) is 4.74 Å². The molecule has 2 saturated heterocycles. The van der Waals surface area contributed by atoms with E-state index in [1.807, 2.05) is 0 Å². The fraction of sp³-hybridized carbons (Fsp3) is 1.00.